The van der Waals surface area contributed by atoms with Crippen LogP contribution >= 0.6 is 0 Å². The number of aromatic amines is 2. The number of hydrogen-bond acceptors (Lipinski definition) is 6. The van der Waals surface area contributed by atoms with Gasteiger partial charge in [0.2, 0.25) is 0 Å². The van der Waals surface area contributed by atoms with E-state index in [-0.39, 0.29) is 0 Å². The van der Waals surface area contributed by atoms with Gasteiger partial charge in [-0.3, -0.25) is 15.1 Å². The van der Waals surface area contributed by atoms with Crippen molar-refractivity contribution in [2.45, 2.75) is 19.3 Å². The van der Waals surface area contributed by atoms with Gasteiger partial charge in [0.25, 0.3) is 0 Å². The maximum atomic E-state index is 5.90. The first kappa shape index (κ1) is 17.9. The Balaban J connectivity index is 1.46. The molecule has 154 valence electrons. The van der Waals surface area contributed by atoms with Crippen LogP contribution in [0.1, 0.15) is 19.3 Å². The summed E-state index contributed by atoms with van der Waals surface area (Å²) in [7, 11) is 0. The van der Waals surface area contributed by atoms with Crippen molar-refractivity contribution in [3.05, 3.63) is 49.1 Å². The van der Waals surface area contributed by atoms with Gasteiger partial charge in [0.15, 0.2) is 0 Å². The lowest BCUT2D eigenvalue weighted by Gasteiger charge is -2.28. The Kier molecular flexibility index (Phi) is 4.09. The first-order valence-electron chi connectivity index (χ1n) is 10.5. The summed E-state index contributed by atoms with van der Waals surface area (Å²) in [5, 5.41) is 9.81. The second kappa shape index (κ2) is 7.09. The number of piperidine rings is 1. The molecular formula is C23H22N8. The molecule has 0 amide bonds. The number of nitrogens with one attached hydrogen (secondary N) is 2. The molecule has 1 saturated heterocycles. The minimum Gasteiger partial charge on any atom is -0.397 e. The number of rotatable bonds is 3. The molecule has 6 heterocycles. The van der Waals surface area contributed by atoms with Gasteiger partial charge in [0.05, 0.1) is 34.3 Å². The second-order valence-electron chi connectivity index (χ2n) is 8.02. The van der Waals surface area contributed by atoms with E-state index in [9.17, 15) is 0 Å². The van der Waals surface area contributed by atoms with Crippen LogP contribution in [0, 0.1) is 0 Å². The van der Waals surface area contributed by atoms with Crippen LogP contribution in [0.4, 0.5) is 11.5 Å². The van der Waals surface area contributed by atoms with Gasteiger partial charge in [0, 0.05) is 48.0 Å². The molecule has 5 aromatic heterocycles. The average molecular weight is 410 g/mol. The topological polar surface area (TPSA) is 112 Å². The summed E-state index contributed by atoms with van der Waals surface area (Å²) in [6.45, 7) is 2.11. The number of anilines is 2. The van der Waals surface area contributed by atoms with E-state index in [1.54, 1.807) is 18.6 Å². The maximum absolute atomic E-state index is 5.90. The highest BCUT2D eigenvalue weighted by atomic mass is 15.2. The standard InChI is InChI=1S/C23H22N8/c24-15-8-14(11-25-12-15)19-9-16-21(13-27-19)29-30-22(16)20-10-17-18(28-20)4-5-26-23(17)31-6-2-1-3-7-31/h4-5,8-13,28H,1-3,6-7,24H2,(H,29,30). The molecule has 0 aromatic carbocycles. The van der Waals surface area contributed by atoms with Gasteiger partial charge in [-0.15, -0.1) is 0 Å². The average Bonchev–Trinajstić information content (AvgIpc) is 3.43. The van der Waals surface area contributed by atoms with Crippen molar-refractivity contribution >= 4 is 33.3 Å². The molecule has 0 atom stereocenters. The van der Waals surface area contributed by atoms with E-state index in [4.69, 9.17) is 10.7 Å². The van der Waals surface area contributed by atoms with Crippen LogP contribution in [0.2, 0.25) is 0 Å². The quantitative estimate of drug-likeness (QED) is 0.412. The molecule has 0 unspecified atom stereocenters. The van der Waals surface area contributed by atoms with Crippen LogP contribution in [0.15, 0.2) is 49.1 Å². The zero-order chi connectivity index (χ0) is 20.8. The summed E-state index contributed by atoms with van der Waals surface area (Å²) in [5.41, 5.74) is 12.0. The molecule has 1 fully saturated rings. The molecule has 8 heteroatoms. The Hall–Kier alpha value is -3.94. The van der Waals surface area contributed by atoms with Crippen molar-refractivity contribution in [3.63, 3.8) is 0 Å². The van der Waals surface area contributed by atoms with Crippen molar-refractivity contribution < 1.29 is 0 Å². The lowest BCUT2D eigenvalue weighted by molar-refractivity contribution is 0.575. The molecular weight excluding hydrogens is 388 g/mol. The fraction of sp³-hybridized carbons (Fsp3) is 0.217. The number of aromatic nitrogens is 6. The molecule has 1 aliphatic heterocycles. The Morgan fingerprint density at radius 1 is 0.903 bits per heavy atom. The van der Waals surface area contributed by atoms with Crippen molar-refractivity contribution in [1.82, 2.24) is 30.1 Å². The van der Waals surface area contributed by atoms with Gasteiger partial charge in [-0.1, -0.05) is 0 Å². The minimum absolute atomic E-state index is 0.611. The fourth-order valence-corrected chi connectivity index (χ4v) is 4.40. The third-order valence-corrected chi connectivity index (χ3v) is 5.94. The molecule has 4 N–H and O–H groups in total. The molecule has 5 aromatic rings. The summed E-state index contributed by atoms with van der Waals surface area (Å²) in [4.78, 5) is 19.4. The third-order valence-electron chi connectivity index (χ3n) is 5.94. The zero-order valence-corrected chi connectivity index (χ0v) is 17.0. The summed E-state index contributed by atoms with van der Waals surface area (Å²) < 4.78 is 0. The molecule has 0 radical (unpaired) electrons. The van der Waals surface area contributed by atoms with E-state index in [2.05, 4.69) is 36.1 Å². The van der Waals surface area contributed by atoms with Crippen LogP contribution in [-0.2, 0) is 0 Å². The number of pyridine rings is 3. The molecule has 1 aliphatic rings. The zero-order valence-electron chi connectivity index (χ0n) is 17.0. The van der Waals surface area contributed by atoms with E-state index < -0.39 is 0 Å². The number of hydrogen-bond donors (Lipinski definition) is 3. The molecule has 31 heavy (non-hydrogen) atoms. The van der Waals surface area contributed by atoms with Crippen LogP contribution in [-0.4, -0.2) is 43.2 Å². The smallest absolute Gasteiger partial charge is 0.137 e. The summed E-state index contributed by atoms with van der Waals surface area (Å²) in [5.74, 6) is 1.05. The van der Waals surface area contributed by atoms with Gasteiger partial charge in [-0.05, 0) is 43.5 Å². The lowest BCUT2D eigenvalue weighted by Crippen LogP contribution is -2.30. The van der Waals surface area contributed by atoms with Crippen LogP contribution < -0.4 is 10.6 Å². The van der Waals surface area contributed by atoms with Crippen molar-refractivity contribution in [3.8, 4) is 22.6 Å². The molecule has 8 nitrogen and oxygen atoms in total. The Morgan fingerprint density at radius 2 is 1.81 bits per heavy atom. The van der Waals surface area contributed by atoms with Gasteiger partial charge in [-0.2, -0.15) is 5.10 Å². The number of nitrogens with two attached hydrogens (primary N) is 1. The van der Waals surface area contributed by atoms with Gasteiger partial charge >= 0.3 is 0 Å². The largest absolute Gasteiger partial charge is 0.397 e. The van der Waals surface area contributed by atoms with E-state index in [0.717, 1.165) is 63.4 Å². The first-order chi connectivity index (χ1) is 15.3. The van der Waals surface area contributed by atoms with E-state index in [0.29, 0.717) is 5.69 Å². The summed E-state index contributed by atoms with van der Waals surface area (Å²) in [6, 6.07) is 8.08. The normalized spacial score (nSPS) is 14.5. The Bertz CT molecular complexity index is 1390. The highest BCUT2D eigenvalue weighted by Crippen LogP contribution is 2.34. The number of H-pyrrole nitrogens is 2. The second-order valence-corrected chi connectivity index (χ2v) is 8.02. The highest BCUT2D eigenvalue weighted by molar-refractivity contribution is 5.99. The monoisotopic (exact) mass is 410 g/mol. The Morgan fingerprint density at radius 3 is 2.68 bits per heavy atom. The van der Waals surface area contributed by atoms with Gasteiger partial charge in [0.1, 0.15) is 11.5 Å². The fourth-order valence-electron chi connectivity index (χ4n) is 4.40. The number of nitrogen functional groups attached to an aromatic ring is 1. The first-order valence-corrected chi connectivity index (χ1v) is 10.5. The van der Waals surface area contributed by atoms with E-state index in [1.165, 1.54) is 19.3 Å². The van der Waals surface area contributed by atoms with Crippen LogP contribution in [0.3, 0.4) is 0 Å². The van der Waals surface area contributed by atoms with Crippen LogP contribution in [0.25, 0.3) is 44.5 Å². The van der Waals surface area contributed by atoms with Crippen LogP contribution in [0.5, 0.6) is 0 Å². The van der Waals surface area contributed by atoms with Crippen molar-refractivity contribution in [1.29, 1.82) is 0 Å². The Labute approximate surface area is 178 Å². The van der Waals surface area contributed by atoms with Crippen molar-refractivity contribution in [2.75, 3.05) is 23.7 Å². The predicted molar refractivity (Wildman–Crippen MR) is 123 cm³/mol. The maximum Gasteiger partial charge on any atom is 0.137 e. The van der Waals surface area contributed by atoms with Gasteiger partial charge < -0.3 is 15.6 Å². The summed E-state index contributed by atoms with van der Waals surface area (Å²) >= 11 is 0. The SMILES string of the molecule is Nc1cncc(-c2cc3c(-c4cc5c(N6CCCCC6)nccc5[nH]4)n[nH]c3cn2)c1. The van der Waals surface area contributed by atoms with Gasteiger partial charge in [-0.25, -0.2) is 4.98 Å². The minimum atomic E-state index is 0.611. The van der Waals surface area contributed by atoms with Crippen molar-refractivity contribution in [2.24, 2.45) is 0 Å². The molecule has 0 spiro atoms. The number of fused-ring (bicyclic) bond motifs is 2. The molecule has 0 aliphatic carbocycles. The molecule has 6 rings (SSSR count). The molecule has 0 bridgehead atoms. The van der Waals surface area contributed by atoms with E-state index in [1.807, 2.05) is 24.4 Å². The number of nitrogens with zero attached hydrogens (tertiary/aromatic N) is 5. The predicted octanol–water partition coefficient (Wildman–Crippen LogP) is 4.14. The lowest BCUT2D eigenvalue weighted by atomic mass is 10.1. The third kappa shape index (κ3) is 3.07. The molecule has 0 saturated carbocycles. The van der Waals surface area contributed by atoms with E-state index >= 15 is 0 Å². The summed E-state index contributed by atoms with van der Waals surface area (Å²) in [6.07, 6.45) is 10.8. The highest BCUT2D eigenvalue weighted by Gasteiger charge is 2.18.